The molecule has 22 heavy (non-hydrogen) atoms. The van der Waals surface area contributed by atoms with Gasteiger partial charge in [0.1, 0.15) is 5.82 Å². The van der Waals surface area contributed by atoms with Gasteiger partial charge >= 0.3 is 0 Å². The average molecular weight is 304 g/mol. The molecule has 1 aromatic rings. The maximum Gasteiger partial charge on any atom is 0.267 e. The summed E-state index contributed by atoms with van der Waals surface area (Å²) in [5.41, 5.74) is 0.923. The third kappa shape index (κ3) is 2.72. The van der Waals surface area contributed by atoms with Gasteiger partial charge in [0.2, 0.25) is 6.10 Å². The number of likely N-dealkylation sites (tertiary alicyclic amines) is 1. The lowest BCUT2D eigenvalue weighted by molar-refractivity contribution is -0.148. The molecule has 0 aromatic heterocycles. The van der Waals surface area contributed by atoms with Gasteiger partial charge in [-0.2, -0.15) is 0 Å². The number of hydrogen-bond donors (Lipinski definition) is 0. The van der Waals surface area contributed by atoms with Gasteiger partial charge in [-0.15, -0.1) is 0 Å². The highest BCUT2D eigenvalue weighted by molar-refractivity contribution is 6.04. The van der Waals surface area contributed by atoms with Crippen molar-refractivity contribution >= 4 is 11.6 Å². The summed E-state index contributed by atoms with van der Waals surface area (Å²) in [7, 11) is 0. The van der Waals surface area contributed by atoms with Crippen molar-refractivity contribution in [3.63, 3.8) is 0 Å². The molecule has 1 amide bonds. The standard InChI is InChI=1S/C17H21FN2O2/c1-11-6-5-7-12(2)20(11)17(21)16-10-15(19-22-16)13-8-3-4-9-14(13)18/h3-4,8-9,11-12,16H,5-7,10H2,1-2H3/t11-,12+,16-/m1/s1. The van der Waals surface area contributed by atoms with Gasteiger partial charge in [0.15, 0.2) is 0 Å². The van der Waals surface area contributed by atoms with E-state index in [1.54, 1.807) is 18.2 Å². The molecular formula is C17H21FN2O2. The predicted octanol–water partition coefficient (Wildman–Crippen LogP) is 3.11. The van der Waals surface area contributed by atoms with Crippen LogP contribution in [-0.2, 0) is 9.63 Å². The van der Waals surface area contributed by atoms with Crippen LogP contribution >= 0.6 is 0 Å². The van der Waals surface area contributed by atoms with E-state index < -0.39 is 6.10 Å². The molecule has 0 spiro atoms. The van der Waals surface area contributed by atoms with Crippen LogP contribution in [0, 0.1) is 5.82 Å². The number of nitrogens with zero attached hydrogens (tertiary/aromatic N) is 2. The maximum atomic E-state index is 13.8. The minimum Gasteiger partial charge on any atom is -0.382 e. The van der Waals surface area contributed by atoms with Crippen molar-refractivity contribution in [2.45, 2.75) is 57.7 Å². The summed E-state index contributed by atoms with van der Waals surface area (Å²) >= 11 is 0. The van der Waals surface area contributed by atoms with Gasteiger partial charge in [0.25, 0.3) is 5.91 Å². The highest BCUT2D eigenvalue weighted by atomic mass is 19.1. The smallest absolute Gasteiger partial charge is 0.267 e. The lowest BCUT2D eigenvalue weighted by Gasteiger charge is -2.39. The molecule has 118 valence electrons. The van der Waals surface area contributed by atoms with Crippen molar-refractivity contribution in [2.75, 3.05) is 0 Å². The van der Waals surface area contributed by atoms with E-state index in [1.165, 1.54) is 6.07 Å². The number of oxime groups is 1. The number of halogens is 1. The fraction of sp³-hybridized carbons (Fsp3) is 0.529. The number of carbonyl (C=O) groups excluding carboxylic acids is 1. The quantitative estimate of drug-likeness (QED) is 0.842. The van der Waals surface area contributed by atoms with Gasteiger partial charge in [-0.1, -0.05) is 23.4 Å². The molecule has 1 saturated heterocycles. The van der Waals surface area contributed by atoms with Crippen molar-refractivity contribution in [3.05, 3.63) is 35.6 Å². The number of rotatable bonds is 2. The zero-order valence-corrected chi connectivity index (χ0v) is 13.0. The van der Waals surface area contributed by atoms with Crippen LogP contribution < -0.4 is 0 Å². The Bertz CT molecular complexity index is 592. The van der Waals surface area contributed by atoms with E-state index in [2.05, 4.69) is 19.0 Å². The summed E-state index contributed by atoms with van der Waals surface area (Å²) in [6.45, 7) is 4.14. The van der Waals surface area contributed by atoms with Crippen LogP contribution in [0.5, 0.6) is 0 Å². The Morgan fingerprint density at radius 1 is 1.27 bits per heavy atom. The molecule has 3 rings (SSSR count). The molecule has 0 unspecified atom stereocenters. The number of carbonyl (C=O) groups is 1. The summed E-state index contributed by atoms with van der Waals surface area (Å²) in [5, 5.41) is 3.94. The summed E-state index contributed by atoms with van der Waals surface area (Å²) in [4.78, 5) is 19.9. The monoisotopic (exact) mass is 304 g/mol. The number of hydrogen-bond acceptors (Lipinski definition) is 3. The minimum absolute atomic E-state index is 0.0326. The Hall–Kier alpha value is -1.91. The fourth-order valence-electron chi connectivity index (χ4n) is 3.39. The molecule has 1 fully saturated rings. The first-order valence-corrected chi connectivity index (χ1v) is 7.87. The lowest BCUT2D eigenvalue weighted by Crippen LogP contribution is -2.51. The van der Waals surface area contributed by atoms with E-state index in [0.29, 0.717) is 17.7 Å². The molecule has 0 radical (unpaired) electrons. The number of amides is 1. The zero-order chi connectivity index (χ0) is 15.7. The molecule has 0 N–H and O–H groups in total. The molecule has 0 bridgehead atoms. The minimum atomic E-state index is -0.627. The Kier molecular flexibility index (Phi) is 4.14. The van der Waals surface area contributed by atoms with E-state index in [9.17, 15) is 9.18 Å². The van der Waals surface area contributed by atoms with Gasteiger partial charge < -0.3 is 9.74 Å². The van der Waals surface area contributed by atoms with Gasteiger partial charge in [0, 0.05) is 24.1 Å². The molecule has 2 aliphatic rings. The Labute approximate surface area is 129 Å². The molecule has 0 saturated carbocycles. The van der Waals surface area contributed by atoms with Crippen LogP contribution in [0.3, 0.4) is 0 Å². The van der Waals surface area contributed by atoms with Crippen molar-refractivity contribution in [2.24, 2.45) is 5.16 Å². The maximum absolute atomic E-state index is 13.8. The summed E-state index contributed by atoms with van der Waals surface area (Å²) in [6.07, 6.45) is 2.88. The first-order chi connectivity index (χ1) is 10.6. The van der Waals surface area contributed by atoms with Crippen molar-refractivity contribution in [1.29, 1.82) is 0 Å². The van der Waals surface area contributed by atoms with Crippen LogP contribution in [0.2, 0.25) is 0 Å². The van der Waals surface area contributed by atoms with Crippen LogP contribution in [-0.4, -0.2) is 34.7 Å². The third-order valence-corrected chi connectivity index (χ3v) is 4.58. The summed E-state index contributed by atoms with van der Waals surface area (Å²) in [6, 6.07) is 6.88. The van der Waals surface area contributed by atoms with Crippen LogP contribution in [0.15, 0.2) is 29.4 Å². The molecule has 3 atom stereocenters. The zero-order valence-electron chi connectivity index (χ0n) is 13.0. The molecule has 0 aliphatic carbocycles. The third-order valence-electron chi connectivity index (χ3n) is 4.58. The van der Waals surface area contributed by atoms with Crippen LogP contribution in [0.1, 0.15) is 45.1 Å². The molecular weight excluding hydrogens is 283 g/mol. The van der Waals surface area contributed by atoms with E-state index in [0.717, 1.165) is 19.3 Å². The summed E-state index contributed by atoms with van der Waals surface area (Å²) in [5.74, 6) is -0.368. The second kappa shape index (κ2) is 6.07. The molecule has 4 nitrogen and oxygen atoms in total. The van der Waals surface area contributed by atoms with Gasteiger partial charge in [0.05, 0.1) is 5.71 Å². The van der Waals surface area contributed by atoms with Gasteiger partial charge in [-0.05, 0) is 39.2 Å². The van der Waals surface area contributed by atoms with Crippen LogP contribution in [0.4, 0.5) is 4.39 Å². The van der Waals surface area contributed by atoms with Gasteiger partial charge in [-0.3, -0.25) is 4.79 Å². The first-order valence-electron chi connectivity index (χ1n) is 7.87. The topological polar surface area (TPSA) is 41.9 Å². The Morgan fingerprint density at radius 3 is 2.64 bits per heavy atom. The Morgan fingerprint density at radius 2 is 1.95 bits per heavy atom. The van der Waals surface area contributed by atoms with Crippen molar-refractivity contribution in [1.82, 2.24) is 4.90 Å². The Balaban J connectivity index is 1.71. The normalized spacial score (nSPS) is 28.2. The molecule has 5 heteroatoms. The lowest BCUT2D eigenvalue weighted by atomic mass is 9.95. The van der Waals surface area contributed by atoms with E-state index in [-0.39, 0.29) is 23.8 Å². The molecule has 1 aromatic carbocycles. The largest absolute Gasteiger partial charge is 0.382 e. The highest BCUT2D eigenvalue weighted by Crippen LogP contribution is 2.27. The van der Waals surface area contributed by atoms with E-state index >= 15 is 0 Å². The van der Waals surface area contributed by atoms with E-state index in [1.807, 2.05) is 4.90 Å². The SMILES string of the molecule is C[C@@H]1CCC[C@H](C)N1C(=O)[C@H]1CC(c2ccccc2F)=NO1. The van der Waals surface area contributed by atoms with Crippen molar-refractivity contribution in [3.8, 4) is 0 Å². The van der Waals surface area contributed by atoms with Crippen molar-refractivity contribution < 1.29 is 14.0 Å². The average Bonchev–Trinajstić information content (AvgIpc) is 2.97. The predicted molar refractivity (Wildman–Crippen MR) is 82.0 cm³/mol. The number of benzene rings is 1. The number of piperidine rings is 1. The molecule has 2 aliphatic heterocycles. The highest BCUT2D eigenvalue weighted by Gasteiger charge is 2.38. The summed E-state index contributed by atoms with van der Waals surface area (Å²) < 4.78 is 13.8. The fourth-order valence-corrected chi connectivity index (χ4v) is 3.39. The van der Waals surface area contributed by atoms with Crippen LogP contribution in [0.25, 0.3) is 0 Å². The molecule has 2 heterocycles. The first kappa shape index (κ1) is 15.0. The van der Waals surface area contributed by atoms with Gasteiger partial charge in [-0.25, -0.2) is 4.39 Å². The van der Waals surface area contributed by atoms with E-state index in [4.69, 9.17) is 4.84 Å². The second-order valence-electron chi connectivity index (χ2n) is 6.19. The second-order valence-corrected chi connectivity index (χ2v) is 6.19.